The van der Waals surface area contributed by atoms with Crippen molar-refractivity contribution in [2.24, 2.45) is 0 Å². The zero-order chi connectivity index (χ0) is 16.8. The summed E-state index contributed by atoms with van der Waals surface area (Å²) in [4.78, 5) is 18.9. The standard InChI is InChI=1S/C19H23N3OS/c1-2-9-20-19(23)16-5-3-15(4-6-16)17-7-8-18(21-14-17)22-10-12-24-13-11-22/h3-8,14H,2,9-13H2,1H3,(H,20,23). The first-order valence-electron chi connectivity index (χ1n) is 8.45. The van der Waals surface area contributed by atoms with Gasteiger partial charge in [0.25, 0.3) is 5.91 Å². The lowest BCUT2D eigenvalue weighted by Gasteiger charge is -2.27. The van der Waals surface area contributed by atoms with E-state index < -0.39 is 0 Å². The first kappa shape index (κ1) is 16.8. The normalized spacial score (nSPS) is 14.5. The highest BCUT2D eigenvalue weighted by Crippen LogP contribution is 2.23. The molecule has 4 nitrogen and oxygen atoms in total. The molecule has 1 N–H and O–H groups in total. The van der Waals surface area contributed by atoms with Gasteiger partial charge < -0.3 is 10.2 Å². The predicted molar refractivity (Wildman–Crippen MR) is 102 cm³/mol. The van der Waals surface area contributed by atoms with Crippen molar-refractivity contribution in [2.75, 3.05) is 36.0 Å². The summed E-state index contributed by atoms with van der Waals surface area (Å²) < 4.78 is 0. The molecule has 1 aliphatic heterocycles. The average molecular weight is 341 g/mol. The Balaban J connectivity index is 1.68. The smallest absolute Gasteiger partial charge is 0.251 e. The first-order chi connectivity index (χ1) is 11.8. The molecule has 0 saturated carbocycles. The van der Waals surface area contributed by atoms with Gasteiger partial charge in [0.1, 0.15) is 5.82 Å². The number of anilines is 1. The van der Waals surface area contributed by atoms with Crippen molar-refractivity contribution in [3.05, 3.63) is 48.2 Å². The number of nitrogens with zero attached hydrogens (tertiary/aromatic N) is 2. The van der Waals surface area contributed by atoms with Crippen LogP contribution in [0.5, 0.6) is 0 Å². The van der Waals surface area contributed by atoms with Gasteiger partial charge in [0.05, 0.1) is 0 Å². The lowest BCUT2D eigenvalue weighted by atomic mass is 10.1. The molecule has 1 aliphatic rings. The molecule has 0 radical (unpaired) electrons. The molecule has 3 rings (SSSR count). The fourth-order valence-corrected chi connectivity index (χ4v) is 3.59. The molecule has 1 amide bonds. The number of rotatable bonds is 5. The zero-order valence-corrected chi connectivity index (χ0v) is 14.8. The Bertz CT molecular complexity index is 664. The van der Waals surface area contributed by atoms with Crippen molar-refractivity contribution in [2.45, 2.75) is 13.3 Å². The zero-order valence-electron chi connectivity index (χ0n) is 14.0. The number of aromatic nitrogens is 1. The molecule has 2 aromatic rings. The molecule has 5 heteroatoms. The highest BCUT2D eigenvalue weighted by atomic mass is 32.2. The quantitative estimate of drug-likeness (QED) is 0.905. The Labute approximate surface area is 147 Å². The maximum absolute atomic E-state index is 11.9. The van der Waals surface area contributed by atoms with Crippen LogP contribution in [0.15, 0.2) is 42.6 Å². The highest BCUT2D eigenvalue weighted by Gasteiger charge is 2.12. The van der Waals surface area contributed by atoms with Crippen molar-refractivity contribution in [3.8, 4) is 11.1 Å². The van der Waals surface area contributed by atoms with Gasteiger partial charge >= 0.3 is 0 Å². The van der Waals surface area contributed by atoms with E-state index in [9.17, 15) is 4.79 Å². The Morgan fingerprint density at radius 3 is 2.46 bits per heavy atom. The fraction of sp³-hybridized carbons (Fsp3) is 0.368. The van der Waals surface area contributed by atoms with Crippen molar-refractivity contribution in [3.63, 3.8) is 0 Å². The van der Waals surface area contributed by atoms with E-state index in [0.29, 0.717) is 12.1 Å². The van der Waals surface area contributed by atoms with Crippen LogP contribution in [-0.4, -0.2) is 42.0 Å². The second-order valence-corrected chi connectivity index (χ2v) is 7.06. The van der Waals surface area contributed by atoms with Gasteiger partial charge in [-0.1, -0.05) is 19.1 Å². The number of nitrogens with one attached hydrogen (secondary N) is 1. The molecule has 1 saturated heterocycles. The molecule has 0 unspecified atom stereocenters. The number of amides is 1. The Morgan fingerprint density at radius 1 is 1.12 bits per heavy atom. The van der Waals surface area contributed by atoms with Crippen LogP contribution in [0.2, 0.25) is 0 Å². The van der Waals surface area contributed by atoms with Gasteiger partial charge in [-0.05, 0) is 36.2 Å². The molecule has 1 aromatic heterocycles. The summed E-state index contributed by atoms with van der Waals surface area (Å²) in [6, 6.07) is 11.9. The number of thioether (sulfide) groups is 1. The largest absolute Gasteiger partial charge is 0.355 e. The van der Waals surface area contributed by atoms with E-state index in [1.54, 1.807) is 0 Å². The average Bonchev–Trinajstić information content (AvgIpc) is 2.67. The number of carbonyl (C=O) groups is 1. The molecule has 0 atom stereocenters. The maximum Gasteiger partial charge on any atom is 0.251 e. The summed E-state index contributed by atoms with van der Waals surface area (Å²) in [5.74, 6) is 3.38. The van der Waals surface area contributed by atoms with Crippen LogP contribution in [0.25, 0.3) is 11.1 Å². The number of pyridine rings is 1. The van der Waals surface area contributed by atoms with Gasteiger partial charge in [-0.25, -0.2) is 4.98 Å². The predicted octanol–water partition coefficient (Wildman–Crippen LogP) is 3.44. The van der Waals surface area contributed by atoms with Gasteiger partial charge in [-0.15, -0.1) is 0 Å². The number of benzene rings is 1. The van der Waals surface area contributed by atoms with Gasteiger partial charge in [-0.2, -0.15) is 11.8 Å². The molecule has 0 aliphatic carbocycles. The van der Waals surface area contributed by atoms with Crippen LogP contribution in [0.4, 0.5) is 5.82 Å². The third kappa shape index (κ3) is 4.09. The molecule has 2 heterocycles. The van der Waals surface area contributed by atoms with E-state index >= 15 is 0 Å². The van der Waals surface area contributed by atoms with Crippen LogP contribution in [0.3, 0.4) is 0 Å². The summed E-state index contributed by atoms with van der Waals surface area (Å²) in [5.41, 5.74) is 2.85. The van der Waals surface area contributed by atoms with E-state index in [2.05, 4.69) is 27.3 Å². The van der Waals surface area contributed by atoms with E-state index in [1.807, 2.05) is 49.1 Å². The van der Waals surface area contributed by atoms with Gasteiger partial charge in [0, 0.05) is 48.5 Å². The monoisotopic (exact) mass is 341 g/mol. The fourth-order valence-electron chi connectivity index (χ4n) is 2.69. The van der Waals surface area contributed by atoms with Crippen molar-refractivity contribution in [1.82, 2.24) is 10.3 Å². The summed E-state index contributed by atoms with van der Waals surface area (Å²) in [6.07, 6.45) is 2.86. The summed E-state index contributed by atoms with van der Waals surface area (Å²) in [5, 5.41) is 2.89. The second-order valence-electron chi connectivity index (χ2n) is 5.84. The molecule has 0 bridgehead atoms. The van der Waals surface area contributed by atoms with E-state index in [4.69, 9.17) is 0 Å². The number of carbonyl (C=O) groups excluding carboxylic acids is 1. The third-order valence-corrected chi connectivity index (χ3v) is 5.04. The highest BCUT2D eigenvalue weighted by molar-refractivity contribution is 7.99. The first-order valence-corrected chi connectivity index (χ1v) is 9.61. The van der Waals surface area contributed by atoms with Crippen LogP contribution < -0.4 is 10.2 Å². The number of hydrogen-bond donors (Lipinski definition) is 1. The van der Waals surface area contributed by atoms with E-state index in [-0.39, 0.29) is 5.91 Å². The summed E-state index contributed by atoms with van der Waals surface area (Å²) in [7, 11) is 0. The van der Waals surface area contributed by atoms with Crippen molar-refractivity contribution < 1.29 is 4.79 Å². The number of hydrogen-bond acceptors (Lipinski definition) is 4. The molecule has 0 spiro atoms. The summed E-state index contributed by atoms with van der Waals surface area (Å²) >= 11 is 2.00. The van der Waals surface area contributed by atoms with Crippen LogP contribution >= 0.6 is 11.8 Å². The van der Waals surface area contributed by atoms with E-state index in [1.165, 1.54) is 11.5 Å². The van der Waals surface area contributed by atoms with Crippen LogP contribution in [0, 0.1) is 0 Å². The minimum Gasteiger partial charge on any atom is -0.355 e. The molecule has 24 heavy (non-hydrogen) atoms. The van der Waals surface area contributed by atoms with Gasteiger partial charge in [-0.3, -0.25) is 4.79 Å². The van der Waals surface area contributed by atoms with Gasteiger partial charge in [0.2, 0.25) is 0 Å². The SMILES string of the molecule is CCCNC(=O)c1ccc(-c2ccc(N3CCSCC3)nc2)cc1. The Hall–Kier alpha value is -2.01. The lowest BCUT2D eigenvalue weighted by Crippen LogP contribution is -2.32. The summed E-state index contributed by atoms with van der Waals surface area (Å²) in [6.45, 7) is 4.89. The Kier molecular flexibility index (Phi) is 5.75. The lowest BCUT2D eigenvalue weighted by molar-refractivity contribution is 0.0953. The topological polar surface area (TPSA) is 45.2 Å². The minimum absolute atomic E-state index is 0.0140. The molecule has 1 fully saturated rings. The van der Waals surface area contributed by atoms with E-state index in [0.717, 1.165) is 36.5 Å². The van der Waals surface area contributed by atoms with Crippen molar-refractivity contribution in [1.29, 1.82) is 0 Å². The van der Waals surface area contributed by atoms with Crippen LogP contribution in [-0.2, 0) is 0 Å². The minimum atomic E-state index is -0.0140. The maximum atomic E-state index is 11.9. The van der Waals surface area contributed by atoms with Crippen LogP contribution in [0.1, 0.15) is 23.7 Å². The molecule has 1 aromatic carbocycles. The molecular formula is C19H23N3OS. The third-order valence-electron chi connectivity index (χ3n) is 4.10. The van der Waals surface area contributed by atoms with Gasteiger partial charge in [0.15, 0.2) is 0 Å². The van der Waals surface area contributed by atoms with Crippen molar-refractivity contribution >= 4 is 23.5 Å². The second kappa shape index (κ2) is 8.20. The molecule has 126 valence electrons. The molecular weight excluding hydrogens is 318 g/mol. The Morgan fingerprint density at radius 2 is 1.83 bits per heavy atom.